The fourth-order valence-electron chi connectivity index (χ4n) is 1.68. The lowest BCUT2D eigenvalue weighted by Gasteiger charge is -2.05. The Hall–Kier alpha value is -1.87. The standard InChI is InChI=1S/C14H11NOS/c1-2-6-14-11(4-1)8-12(9-15-14)16-10-13-5-3-7-17-13/h1-9H,10H2. The number of aromatic nitrogens is 1. The van der Waals surface area contributed by atoms with Crippen LogP contribution in [-0.2, 0) is 6.61 Å². The van der Waals surface area contributed by atoms with Crippen LogP contribution in [0.2, 0.25) is 0 Å². The van der Waals surface area contributed by atoms with Crippen LogP contribution in [0.25, 0.3) is 10.9 Å². The molecule has 0 amide bonds. The summed E-state index contributed by atoms with van der Waals surface area (Å²) < 4.78 is 5.71. The molecule has 0 fully saturated rings. The van der Waals surface area contributed by atoms with E-state index in [1.54, 1.807) is 17.5 Å². The molecule has 0 N–H and O–H groups in total. The molecule has 2 aromatic heterocycles. The number of thiophene rings is 1. The number of para-hydroxylation sites is 1. The van der Waals surface area contributed by atoms with E-state index < -0.39 is 0 Å². The third-order valence-electron chi connectivity index (χ3n) is 2.53. The number of benzene rings is 1. The van der Waals surface area contributed by atoms with Crippen molar-refractivity contribution >= 4 is 22.2 Å². The van der Waals surface area contributed by atoms with Crippen molar-refractivity contribution < 1.29 is 4.74 Å². The second-order valence-electron chi connectivity index (χ2n) is 3.73. The third-order valence-corrected chi connectivity index (χ3v) is 3.38. The summed E-state index contributed by atoms with van der Waals surface area (Å²) in [4.78, 5) is 5.58. The molecule has 0 atom stereocenters. The molecule has 3 aromatic rings. The maximum atomic E-state index is 5.71. The van der Waals surface area contributed by atoms with E-state index in [-0.39, 0.29) is 0 Å². The van der Waals surface area contributed by atoms with Gasteiger partial charge < -0.3 is 4.74 Å². The highest BCUT2D eigenvalue weighted by molar-refractivity contribution is 7.09. The first-order valence-electron chi connectivity index (χ1n) is 5.42. The number of hydrogen-bond acceptors (Lipinski definition) is 3. The molecule has 0 aliphatic heterocycles. The van der Waals surface area contributed by atoms with Gasteiger partial charge in [0.15, 0.2) is 0 Å². The van der Waals surface area contributed by atoms with Crippen LogP contribution in [0.3, 0.4) is 0 Å². The predicted octanol–water partition coefficient (Wildman–Crippen LogP) is 3.88. The van der Waals surface area contributed by atoms with Crippen molar-refractivity contribution in [3.05, 3.63) is 58.9 Å². The van der Waals surface area contributed by atoms with Crippen molar-refractivity contribution in [1.29, 1.82) is 0 Å². The lowest BCUT2D eigenvalue weighted by Crippen LogP contribution is -1.93. The van der Waals surface area contributed by atoms with Crippen molar-refractivity contribution in [3.63, 3.8) is 0 Å². The molecule has 0 aliphatic carbocycles. The van der Waals surface area contributed by atoms with Crippen LogP contribution < -0.4 is 4.74 Å². The Morgan fingerprint density at radius 1 is 1.12 bits per heavy atom. The van der Waals surface area contributed by atoms with Gasteiger partial charge in [-0.25, -0.2) is 0 Å². The minimum Gasteiger partial charge on any atom is -0.486 e. The van der Waals surface area contributed by atoms with Gasteiger partial charge in [-0.1, -0.05) is 24.3 Å². The summed E-state index contributed by atoms with van der Waals surface area (Å²) in [6.07, 6.45) is 1.77. The van der Waals surface area contributed by atoms with E-state index in [1.165, 1.54) is 4.88 Å². The number of nitrogens with zero attached hydrogens (tertiary/aromatic N) is 1. The summed E-state index contributed by atoms with van der Waals surface area (Å²) in [6.45, 7) is 0.609. The summed E-state index contributed by atoms with van der Waals surface area (Å²) >= 11 is 1.70. The minimum absolute atomic E-state index is 0.609. The van der Waals surface area contributed by atoms with Gasteiger partial charge in [-0.2, -0.15) is 0 Å². The molecule has 84 valence electrons. The largest absolute Gasteiger partial charge is 0.486 e. The number of pyridine rings is 1. The van der Waals surface area contributed by atoms with Gasteiger partial charge in [0.25, 0.3) is 0 Å². The highest BCUT2D eigenvalue weighted by Crippen LogP contribution is 2.19. The molecule has 17 heavy (non-hydrogen) atoms. The number of ether oxygens (including phenoxy) is 1. The first kappa shape index (κ1) is 10.3. The fourth-order valence-corrected chi connectivity index (χ4v) is 2.29. The van der Waals surface area contributed by atoms with Gasteiger partial charge in [0.05, 0.1) is 11.7 Å². The van der Waals surface area contributed by atoms with Crippen LogP contribution in [0.4, 0.5) is 0 Å². The van der Waals surface area contributed by atoms with Crippen LogP contribution in [-0.4, -0.2) is 4.98 Å². The molecule has 2 nitrogen and oxygen atoms in total. The fraction of sp³-hybridized carbons (Fsp3) is 0.0714. The molecule has 0 aliphatic rings. The van der Waals surface area contributed by atoms with Crippen molar-refractivity contribution in [3.8, 4) is 5.75 Å². The molecule has 0 spiro atoms. The van der Waals surface area contributed by atoms with E-state index in [4.69, 9.17) is 4.74 Å². The molecular weight excluding hydrogens is 230 g/mol. The maximum absolute atomic E-state index is 5.71. The summed E-state index contributed by atoms with van der Waals surface area (Å²) in [5.41, 5.74) is 0.996. The summed E-state index contributed by atoms with van der Waals surface area (Å²) in [5, 5.41) is 3.16. The quantitative estimate of drug-likeness (QED) is 0.694. The van der Waals surface area contributed by atoms with Crippen LogP contribution in [0.1, 0.15) is 4.88 Å². The Labute approximate surface area is 104 Å². The topological polar surface area (TPSA) is 22.1 Å². The average molecular weight is 241 g/mol. The smallest absolute Gasteiger partial charge is 0.138 e. The first-order chi connectivity index (χ1) is 8.42. The monoisotopic (exact) mass is 241 g/mol. The van der Waals surface area contributed by atoms with E-state index in [0.29, 0.717) is 6.61 Å². The number of rotatable bonds is 3. The maximum Gasteiger partial charge on any atom is 0.138 e. The molecule has 2 heterocycles. The zero-order valence-corrected chi connectivity index (χ0v) is 9.98. The molecule has 0 saturated heterocycles. The van der Waals surface area contributed by atoms with Crippen LogP contribution in [0, 0.1) is 0 Å². The first-order valence-corrected chi connectivity index (χ1v) is 6.30. The second kappa shape index (κ2) is 4.55. The molecule has 3 rings (SSSR count). The lowest BCUT2D eigenvalue weighted by atomic mass is 10.2. The molecular formula is C14H11NOS. The van der Waals surface area contributed by atoms with E-state index >= 15 is 0 Å². The van der Waals surface area contributed by atoms with E-state index in [0.717, 1.165) is 16.7 Å². The second-order valence-corrected chi connectivity index (χ2v) is 4.76. The number of hydrogen-bond donors (Lipinski definition) is 0. The highest BCUT2D eigenvalue weighted by atomic mass is 32.1. The van der Waals surface area contributed by atoms with Gasteiger partial charge in [-0.05, 0) is 23.6 Å². The van der Waals surface area contributed by atoms with Gasteiger partial charge >= 0.3 is 0 Å². The Kier molecular flexibility index (Phi) is 2.76. The van der Waals surface area contributed by atoms with E-state index in [2.05, 4.69) is 16.4 Å². The highest BCUT2D eigenvalue weighted by Gasteiger charge is 1.99. The van der Waals surface area contributed by atoms with Gasteiger partial charge in [-0.3, -0.25) is 4.98 Å². The van der Waals surface area contributed by atoms with E-state index in [1.807, 2.05) is 36.4 Å². The van der Waals surface area contributed by atoms with Crippen LogP contribution >= 0.6 is 11.3 Å². The molecule has 0 bridgehead atoms. The van der Waals surface area contributed by atoms with Gasteiger partial charge in [-0.15, -0.1) is 11.3 Å². The Balaban J connectivity index is 1.81. The normalized spacial score (nSPS) is 10.6. The van der Waals surface area contributed by atoms with E-state index in [9.17, 15) is 0 Å². The van der Waals surface area contributed by atoms with Crippen LogP contribution in [0.5, 0.6) is 5.75 Å². The van der Waals surface area contributed by atoms with Gasteiger partial charge in [0, 0.05) is 10.3 Å². The lowest BCUT2D eigenvalue weighted by molar-refractivity contribution is 0.309. The predicted molar refractivity (Wildman–Crippen MR) is 70.4 cm³/mol. The van der Waals surface area contributed by atoms with Gasteiger partial charge in [0.1, 0.15) is 12.4 Å². The summed E-state index contributed by atoms with van der Waals surface area (Å²) in [6, 6.07) is 14.2. The molecule has 3 heteroatoms. The molecule has 0 unspecified atom stereocenters. The molecule has 1 aromatic carbocycles. The molecule has 0 saturated carbocycles. The van der Waals surface area contributed by atoms with Gasteiger partial charge in [0.2, 0.25) is 0 Å². The Bertz CT molecular complexity index is 619. The summed E-state index contributed by atoms with van der Waals surface area (Å²) in [5.74, 6) is 0.817. The average Bonchev–Trinajstić information content (AvgIpc) is 2.89. The summed E-state index contributed by atoms with van der Waals surface area (Å²) in [7, 11) is 0. The zero-order chi connectivity index (χ0) is 11.5. The Morgan fingerprint density at radius 3 is 2.94 bits per heavy atom. The van der Waals surface area contributed by atoms with Crippen molar-refractivity contribution in [2.45, 2.75) is 6.61 Å². The zero-order valence-electron chi connectivity index (χ0n) is 9.17. The van der Waals surface area contributed by atoms with Crippen molar-refractivity contribution in [2.75, 3.05) is 0 Å². The van der Waals surface area contributed by atoms with Crippen molar-refractivity contribution in [2.24, 2.45) is 0 Å². The minimum atomic E-state index is 0.609. The van der Waals surface area contributed by atoms with Crippen LogP contribution in [0.15, 0.2) is 54.0 Å². The molecule has 0 radical (unpaired) electrons. The number of fused-ring (bicyclic) bond motifs is 1. The Morgan fingerprint density at radius 2 is 2.06 bits per heavy atom. The SMILES string of the molecule is c1csc(COc2cnc3ccccc3c2)c1. The third kappa shape index (κ3) is 2.29. The van der Waals surface area contributed by atoms with Crippen molar-refractivity contribution in [1.82, 2.24) is 4.98 Å².